The number of allylic oxidation sites excluding steroid dienone is 1. The van der Waals surface area contributed by atoms with Crippen molar-refractivity contribution in [1.29, 1.82) is 0 Å². The predicted molar refractivity (Wildman–Crippen MR) is 54.9 cm³/mol. The molecule has 1 unspecified atom stereocenters. The first kappa shape index (κ1) is 8.72. The summed E-state index contributed by atoms with van der Waals surface area (Å²) in [4.78, 5) is 1.26. The molecule has 3 nitrogen and oxygen atoms in total. The van der Waals surface area contributed by atoms with Crippen molar-refractivity contribution in [3.63, 3.8) is 0 Å². The molecule has 13 heavy (non-hydrogen) atoms. The fraction of sp³-hybridized carbons (Fsp3) is 0.333. The Kier molecular flexibility index (Phi) is 2.33. The van der Waals surface area contributed by atoms with Crippen molar-refractivity contribution < 1.29 is 4.42 Å². The minimum Gasteiger partial charge on any atom is -0.463 e. The molecule has 2 rings (SSSR count). The van der Waals surface area contributed by atoms with Crippen LogP contribution in [0.3, 0.4) is 0 Å². The first-order valence-corrected chi connectivity index (χ1v) is 5.04. The Balaban J connectivity index is 2.21. The molecule has 4 heteroatoms. The van der Waals surface area contributed by atoms with Crippen molar-refractivity contribution >= 4 is 17.5 Å². The van der Waals surface area contributed by atoms with Gasteiger partial charge in [-0.3, -0.25) is 5.32 Å². The van der Waals surface area contributed by atoms with Crippen LogP contribution in [0.2, 0.25) is 0 Å². The van der Waals surface area contributed by atoms with Crippen molar-refractivity contribution in [2.45, 2.75) is 12.4 Å². The lowest BCUT2D eigenvalue weighted by Crippen LogP contribution is -2.32. The van der Waals surface area contributed by atoms with Gasteiger partial charge in [0, 0.05) is 4.91 Å². The fourth-order valence-electron chi connectivity index (χ4n) is 1.29. The van der Waals surface area contributed by atoms with Crippen LogP contribution in [0.15, 0.2) is 27.7 Å². The number of hydrogen-bond acceptors (Lipinski definition) is 4. The lowest BCUT2D eigenvalue weighted by Gasteiger charge is -2.09. The maximum absolute atomic E-state index is 5.32. The highest BCUT2D eigenvalue weighted by Crippen LogP contribution is 2.33. The van der Waals surface area contributed by atoms with Crippen molar-refractivity contribution in [3.05, 3.63) is 29.1 Å². The van der Waals surface area contributed by atoms with E-state index in [0.29, 0.717) is 0 Å². The largest absolute Gasteiger partial charge is 0.463 e. The van der Waals surface area contributed by atoms with Crippen molar-refractivity contribution in [2.75, 3.05) is 7.05 Å². The highest BCUT2D eigenvalue weighted by molar-refractivity contribution is 8.04. The predicted octanol–water partition coefficient (Wildman–Crippen LogP) is 1.81. The third-order valence-corrected chi connectivity index (χ3v) is 3.10. The average molecular weight is 196 g/mol. The van der Waals surface area contributed by atoms with E-state index < -0.39 is 0 Å². The Bertz CT molecular complexity index is 318. The van der Waals surface area contributed by atoms with Crippen LogP contribution in [-0.4, -0.2) is 12.5 Å². The van der Waals surface area contributed by atoms with Gasteiger partial charge in [-0.2, -0.15) is 0 Å². The summed E-state index contributed by atoms with van der Waals surface area (Å²) >= 11 is 1.77. The summed E-state index contributed by atoms with van der Waals surface area (Å²) in [5.74, 6) is 0.905. The fourth-order valence-corrected chi connectivity index (χ4v) is 2.22. The minimum atomic E-state index is 0.264. The van der Waals surface area contributed by atoms with E-state index in [9.17, 15) is 0 Å². The third-order valence-electron chi connectivity index (χ3n) is 1.95. The highest BCUT2D eigenvalue weighted by Gasteiger charge is 2.22. The van der Waals surface area contributed by atoms with Gasteiger partial charge in [0.25, 0.3) is 0 Å². The van der Waals surface area contributed by atoms with Crippen LogP contribution in [0.25, 0.3) is 5.70 Å². The SMILES string of the molecule is CNC1NC(c2ccco2)=C(C)S1. The summed E-state index contributed by atoms with van der Waals surface area (Å²) in [5.41, 5.74) is 1.36. The maximum atomic E-state index is 5.32. The Morgan fingerprint density at radius 2 is 2.46 bits per heavy atom. The number of thioether (sulfide) groups is 1. The molecular formula is C9H12N2OS. The monoisotopic (exact) mass is 196 g/mol. The molecule has 0 spiro atoms. The molecule has 0 radical (unpaired) electrons. The van der Waals surface area contributed by atoms with E-state index in [1.54, 1.807) is 18.0 Å². The summed E-state index contributed by atoms with van der Waals surface area (Å²) < 4.78 is 5.32. The normalized spacial score (nSPS) is 22.2. The maximum Gasteiger partial charge on any atom is 0.150 e. The van der Waals surface area contributed by atoms with Gasteiger partial charge in [0.15, 0.2) is 5.76 Å². The molecule has 1 aliphatic heterocycles. The van der Waals surface area contributed by atoms with Gasteiger partial charge in [0.2, 0.25) is 0 Å². The van der Waals surface area contributed by atoms with Crippen LogP contribution in [0.4, 0.5) is 0 Å². The smallest absolute Gasteiger partial charge is 0.150 e. The second-order valence-electron chi connectivity index (χ2n) is 2.84. The summed E-state index contributed by atoms with van der Waals surface area (Å²) in [6, 6.07) is 3.86. The van der Waals surface area contributed by atoms with Crippen LogP contribution in [-0.2, 0) is 0 Å². The van der Waals surface area contributed by atoms with Gasteiger partial charge in [0.05, 0.1) is 12.0 Å². The second-order valence-corrected chi connectivity index (χ2v) is 4.16. The van der Waals surface area contributed by atoms with E-state index in [1.807, 2.05) is 19.2 Å². The molecule has 0 saturated carbocycles. The van der Waals surface area contributed by atoms with Gasteiger partial charge in [-0.1, -0.05) is 11.8 Å². The average Bonchev–Trinajstić information content (AvgIpc) is 2.72. The minimum absolute atomic E-state index is 0.264. The van der Waals surface area contributed by atoms with E-state index in [1.165, 1.54) is 4.91 Å². The summed E-state index contributed by atoms with van der Waals surface area (Å²) in [6.45, 7) is 2.09. The Hall–Kier alpha value is -0.870. The van der Waals surface area contributed by atoms with E-state index >= 15 is 0 Å². The molecular weight excluding hydrogens is 184 g/mol. The molecule has 1 atom stereocenters. The van der Waals surface area contributed by atoms with Crippen molar-refractivity contribution in [2.24, 2.45) is 0 Å². The number of hydrogen-bond donors (Lipinski definition) is 2. The topological polar surface area (TPSA) is 37.2 Å². The summed E-state index contributed by atoms with van der Waals surface area (Å²) in [7, 11) is 1.93. The molecule has 70 valence electrons. The Morgan fingerprint density at radius 3 is 3.00 bits per heavy atom. The molecule has 0 aliphatic carbocycles. The summed E-state index contributed by atoms with van der Waals surface area (Å²) in [6.07, 6.45) is 1.69. The van der Waals surface area contributed by atoms with Crippen LogP contribution in [0.1, 0.15) is 12.7 Å². The van der Waals surface area contributed by atoms with Crippen molar-refractivity contribution in [1.82, 2.24) is 10.6 Å². The lowest BCUT2D eigenvalue weighted by molar-refractivity contribution is 0.544. The van der Waals surface area contributed by atoms with E-state index in [4.69, 9.17) is 4.42 Å². The molecule has 2 N–H and O–H groups in total. The van der Waals surface area contributed by atoms with E-state index in [2.05, 4.69) is 17.6 Å². The summed E-state index contributed by atoms with van der Waals surface area (Å²) in [5, 5.41) is 6.49. The first-order chi connectivity index (χ1) is 6.31. The number of nitrogens with one attached hydrogen (secondary N) is 2. The molecule has 0 aromatic carbocycles. The molecule has 1 aliphatic rings. The second kappa shape index (κ2) is 3.47. The number of furan rings is 1. The van der Waals surface area contributed by atoms with Gasteiger partial charge in [0.1, 0.15) is 5.50 Å². The third kappa shape index (κ3) is 1.59. The van der Waals surface area contributed by atoms with E-state index in [-0.39, 0.29) is 5.50 Å². The molecule has 2 heterocycles. The van der Waals surface area contributed by atoms with Crippen LogP contribution in [0.5, 0.6) is 0 Å². The quantitative estimate of drug-likeness (QED) is 0.756. The zero-order valence-electron chi connectivity index (χ0n) is 7.63. The van der Waals surface area contributed by atoms with Crippen molar-refractivity contribution in [3.8, 4) is 0 Å². The van der Waals surface area contributed by atoms with Gasteiger partial charge in [-0.15, -0.1) is 0 Å². The van der Waals surface area contributed by atoms with Gasteiger partial charge in [-0.05, 0) is 26.1 Å². The van der Waals surface area contributed by atoms with E-state index in [0.717, 1.165) is 11.5 Å². The molecule has 0 bridgehead atoms. The molecule has 0 fully saturated rings. The van der Waals surface area contributed by atoms with Gasteiger partial charge < -0.3 is 9.73 Å². The highest BCUT2D eigenvalue weighted by atomic mass is 32.2. The molecule has 1 aromatic heterocycles. The van der Waals surface area contributed by atoms with Crippen LogP contribution < -0.4 is 10.6 Å². The standard InChI is InChI=1S/C9H12N2OS/c1-6-8(7-4-3-5-12-7)11-9(10-2)13-6/h3-5,9-11H,1-2H3. The van der Waals surface area contributed by atoms with Gasteiger partial charge >= 0.3 is 0 Å². The van der Waals surface area contributed by atoms with Crippen LogP contribution in [0, 0.1) is 0 Å². The lowest BCUT2D eigenvalue weighted by atomic mass is 10.3. The Labute approximate surface area is 81.6 Å². The zero-order valence-corrected chi connectivity index (χ0v) is 8.44. The molecule has 0 saturated heterocycles. The first-order valence-electron chi connectivity index (χ1n) is 4.16. The zero-order chi connectivity index (χ0) is 9.26. The molecule has 0 amide bonds. The Morgan fingerprint density at radius 1 is 1.62 bits per heavy atom. The number of rotatable bonds is 2. The molecule has 1 aromatic rings. The van der Waals surface area contributed by atoms with Crippen LogP contribution >= 0.6 is 11.8 Å². The van der Waals surface area contributed by atoms with Gasteiger partial charge in [-0.25, -0.2) is 0 Å².